The van der Waals surface area contributed by atoms with Gasteiger partial charge in [0.15, 0.2) is 5.78 Å². The van der Waals surface area contributed by atoms with Gasteiger partial charge in [0.1, 0.15) is 5.76 Å². The van der Waals surface area contributed by atoms with Crippen LogP contribution >= 0.6 is 0 Å². The second-order valence-electron chi connectivity index (χ2n) is 3.40. The van der Waals surface area contributed by atoms with Crippen molar-refractivity contribution in [2.24, 2.45) is 0 Å². The quantitative estimate of drug-likeness (QED) is 0.605. The monoisotopic (exact) mass is 220 g/mol. The zero-order chi connectivity index (χ0) is 12.3. The lowest BCUT2D eigenvalue weighted by atomic mass is 10.00. The van der Waals surface area contributed by atoms with Crippen molar-refractivity contribution in [3.8, 4) is 0 Å². The number of carboxylic acids is 1. The summed E-state index contributed by atoms with van der Waals surface area (Å²) in [6.07, 6.45) is 0. The average molecular weight is 220 g/mol. The summed E-state index contributed by atoms with van der Waals surface area (Å²) >= 11 is 0. The first kappa shape index (κ1) is 12.0. The minimum atomic E-state index is -1.03. The minimum Gasteiger partial charge on any atom is -0.512 e. The molecule has 0 amide bonds. The van der Waals surface area contributed by atoms with E-state index in [1.807, 2.05) is 0 Å². The highest BCUT2D eigenvalue weighted by Crippen LogP contribution is 2.19. The Balaban J connectivity index is 3.20. The standard InChI is InChI=1S/C12H12O4/c1-7(13)11(8(2)14)9-3-5-10(6-4-9)12(15)16/h3-6,13H,1-2H3,(H,15,16)/b11-7+. The highest BCUT2D eigenvalue weighted by molar-refractivity contribution is 6.20. The van der Waals surface area contributed by atoms with E-state index in [2.05, 4.69) is 0 Å². The summed E-state index contributed by atoms with van der Waals surface area (Å²) in [6.45, 7) is 2.77. The normalized spacial score (nSPS) is 11.9. The maximum absolute atomic E-state index is 11.3. The molecule has 1 aromatic carbocycles. The lowest BCUT2D eigenvalue weighted by Gasteiger charge is -2.05. The SMILES string of the molecule is CC(=O)/C(=C(/C)O)c1ccc(C(=O)O)cc1. The van der Waals surface area contributed by atoms with Gasteiger partial charge in [0.2, 0.25) is 0 Å². The number of hydrogen-bond donors (Lipinski definition) is 2. The van der Waals surface area contributed by atoms with Crippen LogP contribution in [0.4, 0.5) is 0 Å². The van der Waals surface area contributed by atoms with Gasteiger partial charge in [0.25, 0.3) is 0 Å². The fourth-order valence-electron chi connectivity index (χ4n) is 1.45. The summed E-state index contributed by atoms with van der Waals surface area (Å²) in [6, 6.07) is 5.78. The number of carbonyl (C=O) groups excluding carboxylic acids is 1. The molecule has 1 rings (SSSR count). The van der Waals surface area contributed by atoms with Crippen molar-refractivity contribution in [2.45, 2.75) is 13.8 Å². The Kier molecular flexibility index (Phi) is 3.45. The molecule has 0 atom stereocenters. The van der Waals surface area contributed by atoms with Crippen LogP contribution in [-0.4, -0.2) is 22.0 Å². The zero-order valence-corrected chi connectivity index (χ0v) is 9.02. The molecular formula is C12H12O4. The number of benzene rings is 1. The molecule has 0 saturated carbocycles. The molecule has 0 unspecified atom stereocenters. The van der Waals surface area contributed by atoms with Crippen LogP contribution in [0.1, 0.15) is 29.8 Å². The van der Waals surface area contributed by atoms with Gasteiger partial charge in [-0.05, 0) is 31.5 Å². The zero-order valence-electron chi connectivity index (χ0n) is 9.02. The van der Waals surface area contributed by atoms with Gasteiger partial charge >= 0.3 is 5.97 Å². The minimum absolute atomic E-state index is 0.0735. The van der Waals surface area contributed by atoms with E-state index in [1.54, 1.807) is 0 Å². The Morgan fingerprint density at radius 3 is 1.69 bits per heavy atom. The number of carbonyl (C=O) groups is 2. The summed E-state index contributed by atoms with van der Waals surface area (Å²) in [7, 11) is 0. The number of carboxylic acid groups (broad SMARTS) is 1. The summed E-state index contributed by atoms with van der Waals surface area (Å²) in [5, 5.41) is 18.1. The molecule has 0 aliphatic rings. The molecule has 0 fully saturated rings. The lowest BCUT2D eigenvalue weighted by Crippen LogP contribution is -2.01. The van der Waals surface area contributed by atoms with Gasteiger partial charge in [-0.15, -0.1) is 0 Å². The number of Topliss-reactive ketones (excluding diaryl/α,β-unsaturated/α-hetero) is 1. The van der Waals surface area contributed by atoms with Gasteiger partial charge < -0.3 is 10.2 Å². The summed E-state index contributed by atoms with van der Waals surface area (Å²) in [5.74, 6) is -1.36. The second-order valence-corrected chi connectivity index (χ2v) is 3.40. The van der Waals surface area contributed by atoms with Crippen LogP contribution in [0.2, 0.25) is 0 Å². The summed E-state index contributed by atoms with van der Waals surface area (Å²) < 4.78 is 0. The number of aliphatic hydroxyl groups is 1. The predicted molar refractivity (Wildman–Crippen MR) is 59.3 cm³/mol. The molecule has 0 saturated heterocycles. The van der Waals surface area contributed by atoms with Crippen LogP contribution in [-0.2, 0) is 4.79 Å². The Hall–Kier alpha value is -2.10. The van der Waals surface area contributed by atoms with Crippen LogP contribution in [0.15, 0.2) is 30.0 Å². The average Bonchev–Trinajstić information content (AvgIpc) is 2.17. The Bertz CT molecular complexity index is 450. The molecule has 0 radical (unpaired) electrons. The van der Waals surface area contributed by atoms with E-state index in [9.17, 15) is 14.7 Å². The molecule has 0 heterocycles. The van der Waals surface area contributed by atoms with Crippen LogP contribution in [0.5, 0.6) is 0 Å². The third-order valence-electron chi connectivity index (χ3n) is 2.13. The van der Waals surface area contributed by atoms with Crippen molar-refractivity contribution >= 4 is 17.3 Å². The van der Waals surface area contributed by atoms with Gasteiger partial charge in [-0.2, -0.15) is 0 Å². The molecule has 0 spiro atoms. The Labute approximate surface area is 92.8 Å². The molecule has 2 N–H and O–H groups in total. The Morgan fingerprint density at radius 2 is 1.38 bits per heavy atom. The largest absolute Gasteiger partial charge is 0.512 e. The van der Waals surface area contributed by atoms with E-state index in [0.717, 1.165) is 0 Å². The first-order valence-electron chi connectivity index (χ1n) is 4.68. The predicted octanol–water partition coefficient (Wildman–Crippen LogP) is 2.26. The van der Waals surface area contributed by atoms with Gasteiger partial charge in [-0.25, -0.2) is 4.79 Å². The van der Waals surface area contributed by atoms with Crippen molar-refractivity contribution in [2.75, 3.05) is 0 Å². The van der Waals surface area contributed by atoms with Crippen molar-refractivity contribution in [1.29, 1.82) is 0 Å². The molecule has 16 heavy (non-hydrogen) atoms. The van der Waals surface area contributed by atoms with E-state index < -0.39 is 5.97 Å². The highest BCUT2D eigenvalue weighted by Gasteiger charge is 2.11. The number of hydrogen-bond acceptors (Lipinski definition) is 3. The first-order valence-corrected chi connectivity index (χ1v) is 4.68. The topological polar surface area (TPSA) is 74.6 Å². The first-order chi connectivity index (χ1) is 7.43. The third-order valence-corrected chi connectivity index (χ3v) is 2.13. The fraction of sp³-hybridized carbons (Fsp3) is 0.167. The molecule has 84 valence electrons. The van der Waals surface area contributed by atoms with Crippen LogP contribution < -0.4 is 0 Å². The van der Waals surface area contributed by atoms with Gasteiger partial charge in [0, 0.05) is 0 Å². The second kappa shape index (κ2) is 4.61. The van der Waals surface area contributed by atoms with Crippen molar-refractivity contribution < 1.29 is 19.8 Å². The van der Waals surface area contributed by atoms with E-state index in [1.165, 1.54) is 38.1 Å². The number of allylic oxidation sites excluding steroid dienone is 2. The Morgan fingerprint density at radius 1 is 0.938 bits per heavy atom. The molecule has 4 heteroatoms. The molecule has 0 aliphatic heterocycles. The number of ketones is 1. The smallest absolute Gasteiger partial charge is 0.335 e. The number of aliphatic hydroxyl groups excluding tert-OH is 1. The molecule has 0 aliphatic carbocycles. The number of aromatic carboxylic acids is 1. The van der Waals surface area contributed by atoms with Gasteiger partial charge in [-0.1, -0.05) is 12.1 Å². The van der Waals surface area contributed by atoms with Crippen molar-refractivity contribution in [3.63, 3.8) is 0 Å². The fourth-order valence-corrected chi connectivity index (χ4v) is 1.45. The van der Waals surface area contributed by atoms with Crippen molar-refractivity contribution in [3.05, 3.63) is 41.2 Å². The molecule has 4 nitrogen and oxygen atoms in total. The highest BCUT2D eigenvalue weighted by atomic mass is 16.4. The number of rotatable bonds is 3. The molecular weight excluding hydrogens is 208 g/mol. The van der Waals surface area contributed by atoms with Crippen molar-refractivity contribution in [1.82, 2.24) is 0 Å². The van der Waals surface area contributed by atoms with Gasteiger partial charge in [0.05, 0.1) is 11.1 Å². The lowest BCUT2D eigenvalue weighted by molar-refractivity contribution is -0.111. The maximum Gasteiger partial charge on any atom is 0.335 e. The summed E-state index contributed by atoms with van der Waals surface area (Å²) in [5.41, 5.74) is 0.858. The van der Waals surface area contributed by atoms with Gasteiger partial charge in [-0.3, -0.25) is 4.79 Å². The molecule has 0 aromatic heterocycles. The van der Waals surface area contributed by atoms with Crippen LogP contribution in [0.3, 0.4) is 0 Å². The van der Waals surface area contributed by atoms with E-state index in [-0.39, 0.29) is 22.7 Å². The maximum atomic E-state index is 11.3. The van der Waals surface area contributed by atoms with E-state index >= 15 is 0 Å². The molecule has 1 aromatic rings. The van der Waals surface area contributed by atoms with E-state index in [0.29, 0.717) is 5.56 Å². The summed E-state index contributed by atoms with van der Waals surface area (Å²) in [4.78, 5) is 21.9. The van der Waals surface area contributed by atoms with Crippen LogP contribution in [0, 0.1) is 0 Å². The van der Waals surface area contributed by atoms with Crippen LogP contribution in [0.25, 0.3) is 5.57 Å². The molecule has 0 bridgehead atoms. The third kappa shape index (κ3) is 2.48. The van der Waals surface area contributed by atoms with E-state index in [4.69, 9.17) is 5.11 Å².